The van der Waals surface area contributed by atoms with Gasteiger partial charge in [-0.1, -0.05) is 42.0 Å². The Labute approximate surface area is 236 Å². The van der Waals surface area contributed by atoms with Crippen LogP contribution in [-0.2, 0) is 19.6 Å². The molecule has 0 aromatic heterocycles. The third kappa shape index (κ3) is 4.28. The molecule has 1 N–H and O–H groups in total. The topological polar surface area (TPSA) is 138 Å². The molecule has 6 rings (SSSR count). The van der Waals surface area contributed by atoms with Crippen molar-refractivity contribution in [2.45, 2.75) is 24.3 Å². The van der Waals surface area contributed by atoms with E-state index in [1.807, 2.05) is 6.92 Å². The van der Waals surface area contributed by atoms with E-state index >= 15 is 0 Å². The highest BCUT2D eigenvalue weighted by molar-refractivity contribution is 7.89. The number of nitro groups is 1. The molecule has 0 radical (unpaired) electrons. The van der Waals surface area contributed by atoms with Crippen LogP contribution in [-0.4, -0.2) is 47.7 Å². The van der Waals surface area contributed by atoms with Crippen molar-refractivity contribution in [1.82, 2.24) is 4.31 Å². The zero-order valence-corrected chi connectivity index (χ0v) is 22.9. The second kappa shape index (κ2) is 9.72. The maximum Gasteiger partial charge on any atom is 0.269 e. The molecule has 3 aromatic carbocycles. The fourth-order valence-corrected chi connectivity index (χ4v) is 7.81. The van der Waals surface area contributed by atoms with Gasteiger partial charge in [0.2, 0.25) is 21.8 Å². The molecule has 2 amide bonds. The summed E-state index contributed by atoms with van der Waals surface area (Å²) in [5, 5.41) is 23.0. The lowest BCUT2D eigenvalue weighted by Crippen LogP contribution is -2.41. The molecule has 4 atom stereocenters. The summed E-state index contributed by atoms with van der Waals surface area (Å²) in [5.74, 6) is -2.40. The van der Waals surface area contributed by atoms with Crippen molar-refractivity contribution in [2.24, 2.45) is 17.3 Å². The largest absolute Gasteiger partial charge is 0.387 e. The van der Waals surface area contributed by atoms with Crippen molar-refractivity contribution < 1.29 is 28.0 Å². The number of nitrogens with zero attached hydrogens (tertiary/aromatic N) is 3. The molecule has 210 valence electrons. The second-order valence-corrected chi connectivity index (χ2v) is 12.8. The number of hydrogen-bond donors (Lipinski definition) is 1. The summed E-state index contributed by atoms with van der Waals surface area (Å²) in [7, 11) is -3.98. The van der Waals surface area contributed by atoms with E-state index in [2.05, 4.69) is 0 Å². The van der Waals surface area contributed by atoms with E-state index in [4.69, 9.17) is 0 Å². The second-order valence-electron chi connectivity index (χ2n) is 10.9. The van der Waals surface area contributed by atoms with Gasteiger partial charge in [-0.2, -0.15) is 4.31 Å². The van der Waals surface area contributed by atoms with Gasteiger partial charge in [-0.25, -0.2) is 13.3 Å². The van der Waals surface area contributed by atoms with E-state index in [0.717, 1.165) is 5.56 Å². The van der Waals surface area contributed by atoms with Crippen LogP contribution in [0.2, 0.25) is 0 Å². The van der Waals surface area contributed by atoms with Gasteiger partial charge in [0.15, 0.2) is 0 Å². The van der Waals surface area contributed by atoms with Crippen LogP contribution in [0.25, 0.3) is 0 Å². The van der Waals surface area contributed by atoms with Crippen LogP contribution in [0.5, 0.6) is 0 Å². The van der Waals surface area contributed by atoms with Gasteiger partial charge in [0.25, 0.3) is 5.69 Å². The standard InChI is InChI=1S/C30H27N3O7S/c1-19-7-13-24(14-8-19)41(39,40)31-17-21-15-25-26(29(36)32(28(25)35)22-5-3-2-4-6-22)16-30(21,18-31)27(34)20-9-11-23(12-10-20)33(37)38/h2-15,25-27,34H,16-18H2,1H3/t25-,26+,27-,30+/m0/s1. The minimum atomic E-state index is -3.98. The Balaban J connectivity index is 1.43. The molecule has 0 saturated carbocycles. The number of nitro benzene ring substituents is 1. The normalized spacial score (nSPS) is 25.0. The number of fused-ring (bicyclic) bond motifs is 2. The number of imide groups is 1. The summed E-state index contributed by atoms with van der Waals surface area (Å²) in [4.78, 5) is 39.1. The van der Waals surface area contributed by atoms with Crippen LogP contribution < -0.4 is 4.90 Å². The summed E-state index contributed by atoms with van der Waals surface area (Å²) in [6.45, 7) is 1.67. The van der Waals surface area contributed by atoms with E-state index in [9.17, 15) is 33.2 Å². The zero-order valence-electron chi connectivity index (χ0n) is 22.1. The Bertz CT molecular complexity index is 1690. The minimum absolute atomic E-state index is 0.0372. The number of non-ortho nitro benzene ring substituents is 1. The van der Waals surface area contributed by atoms with Crippen molar-refractivity contribution in [3.8, 4) is 0 Å². The van der Waals surface area contributed by atoms with Crippen LogP contribution in [0.3, 0.4) is 0 Å². The van der Waals surface area contributed by atoms with Gasteiger partial charge in [-0.05, 0) is 60.9 Å². The molecule has 0 bridgehead atoms. The highest BCUT2D eigenvalue weighted by atomic mass is 32.2. The van der Waals surface area contributed by atoms with Gasteiger partial charge in [0.05, 0.1) is 33.4 Å². The number of anilines is 1. The Morgan fingerprint density at radius 2 is 1.63 bits per heavy atom. The molecule has 11 heteroatoms. The van der Waals surface area contributed by atoms with E-state index in [1.165, 1.54) is 45.6 Å². The lowest BCUT2D eigenvalue weighted by atomic mass is 9.63. The highest BCUT2D eigenvalue weighted by Crippen LogP contribution is 2.57. The highest BCUT2D eigenvalue weighted by Gasteiger charge is 2.60. The van der Waals surface area contributed by atoms with Crippen LogP contribution >= 0.6 is 0 Å². The van der Waals surface area contributed by atoms with Crippen molar-refractivity contribution in [1.29, 1.82) is 0 Å². The Kier molecular flexibility index (Phi) is 6.40. The van der Waals surface area contributed by atoms with Gasteiger partial charge in [-0.3, -0.25) is 19.7 Å². The van der Waals surface area contributed by atoms with Crippen LogP contribution in [0.15, 0.2) is 95.4 Å². The third-order valence-corrected chi connectivity index (χ3v) is 10.3. The lowest BCUT2D eigenvalue weighted by molar-refractivity contribution is -0.384. The van der Waals surface area contributed by atoms with Crippen LogP contribution in [0, 0.1) is 34.3 Å². The van der Waals surface area contributed by atoms with Crippen molar-refractivity contribution in [2.75, 3.05) is 18.0 Å². The molecule has 2 aliphatic heterocycles. The van der Waals surface area contributed by atoms with Crippen molar-refractivity contribution >= 4 is 33.2 Å². The summed E-state index contributed by atoms with van der Waals surface area (Å²) in [6, 6.07) is 20.5. The molecule has 2 heterocycles. The van der Waals surface area contributed by atoms with E-state index in [1.54, 1.807) is 48.5 Å². The maximum atomic E-state index is 13.7. The summed E-state index contributed by atoms with van der Waals surface area (Å²) in [6.07, 6.45) is 0.411. The number of amides is 2. The first-order valence-electron chi connectivity index (χ1n) is 13.2. The number of para-hydroxylation sites is 1. The zero-order chi connectivity index (χ0) is 29.1. The number of aliphatic hydroxyl groups is 1. The predicted octanol–water partition coefficient (Wildman–Crippen LogP) is 3.76. The molecule has 2 saturated heterocycles. The number of rotatable bonds is 6. The fraction of sp³-hybridized carbons (Fsp3) is 0.267. The minimum Gasteiger partial charge on any atom is -0.387 e. The molecule has 3 aromatic rings. The summed E-state index contributed by atoms with van der Waals surface area (Å²) < 4.78 is 28.7. The average molecular weight is 574 g/mol. The Hall–Kier alpha value is -4.19. The predicted molar refractivity (Wildman–Crippen MR) is 149 cm³/mol. The monoisotopic (exact) mass is 573 g/mol. The maximum absolute atomic E-state index is 13.7. The number of benzene rings is 3. The number of aliphatic hydroxyl groups excluding tert-OH is 1. The third-order valence-electron chi connectivity index (χ3n) is 8.50. The van der Waals surface area contributed by atoms with Crippen molar-refractivity contribution in [3.63, 3.8) is 0 Å². The van der Waals surface area contributed by atoms with Gasteiger partial charge in [0, 0.05) is 30.6 Å². The quantitative estimate of drug-likeness (QED) is 0.205. The molecule has 2 fully saturated rings. The first-order valence-corrected chi connectivity index (χ1v) is 14.6. The molecule has 1 aliphatic carbocycles. The molecular weight excluding hydrogens is 546 g/mol. The molecule has 0 unspecified atom stereocenters. The van der Waals surface area contributed by atoms with E-state index in [0.29, 0.717) is 16.8 Å². The Morgan fingerprint density at radius 1 is 0.976 bits per heavy atom. The van der Waals surface area contributed by atoms with E-state index in [-0.39, 0.29) is 30.1 Å². The fourth-order valence-electron chi connectivity index (χ4n) is 6.33. The average Bonchev–Trinajstić information content (AvgIpc) is 3.48. The van der Waals surface area contributed by atoms with Gasteiger partial charge in [-0.15, -0.1) is 0 Å². The molecule has 0 spiro atoms. The van der Waals surface area contributed by atoms with Gasteiger partial charge >= 0.3 is 0 Å². The van der Waals surface area contributed by atoms with Gasteiger partial charge in [0.1, 0.15) is 0 Å². The molecular formula is C30H27N3O7S. The number of sulfonamides is 1. The Morgan fingerprint density at radius 3 is 2.27 bits per heavy atom. The van der Waals surface area contributed by atoms with Crippen LogP contribution in [0.1, 0.15) is 23.7 Å². The SMILES string of the molecule is Cc1ccc(S(=O)(=O)N2CC3=C[C@@H]4C(=O)N(c5ccccc5)C(=O)[C@@H]4C[C@@]3([C@@H](O)c3ccc([N+](=O)[O-])cc3)C2)cc1. The van der Waals surface area contributed by atoms with Crippen molar-refractivity contribution in [3.05, 3.63) is 112 Å². The number of hydrogen-bond acceptors (Lipinski definition) is 7. The lowest BCUT2D eigenvalue weighted by Gasteiger charge is -2.41. The first kappa shape index (κ1) is 27.0. The molecule has 10 nitrogen and oxygen atoms in total. The molecule has 3 aliphatic rings. The number of carbonyl (C=O) groups is 2. The van der Waals surface area contributed by atoms with E-state index < -0.39 is 50.1 Å². The summed E-state index contributed by atoms with van der Waals surface area (Å²) in [5.41, 5.74) is 0.886. The smallest absolute Gasteiger partial charge is 0.269 e. The number of carbonyl (C=O) groups excluding carboxylic acids is 2. The van der Waals surface area contributed by atoms with Crippen LogP contribution in [0.4, 0.5) is 11.4 Å². The molecule has 41 heavy (non-hydrogen) atoms. The number of aryl methyl sites for hydroxylation is 1. The summed E-state index contributed by atoms with van der Waals surface area (Å²) >= 11 is 0. The van der Waals surface area contributed by atoms with Gasteiger partial charge < -0.3 is 5.11 Å². The first-order chi connectivity index (χ1) is 19.5.